The zero-order valence-corrected chi connectivity index (χ0v) is 9.70. The van der Waals surface area contributed by atoms with Crippen LogP contribution < -0.4 is 0 Å². The van der Waals surface area contributed by atoms with Gasteiger partial charge in [0.25, 0.3) is 0 Å². The standard InChI is InChI=1S/C15H16O2/c1-15(2,11-3-7-13(16)8-4-11)12-5-9-14(17)10-6-12/h3-10,16-17H,1-2H3/i3D,4D,5D,6D. The van der Waals surface area contributed by atoms with Crippen molar-refractivity contribution in [1.29, 1.82) is 0 Å². The molecule has 2 aromatic rings. The van der Waals surface area contributed by atoms with Crippen LogP contribution in [0.4, 0.5) is 0 Å². The Morgan fingerprint density at radius 2 is 1.12 bits per heavy atom. The molecular weight excluding hydrogens is 212 g/mol. The minimum Gasteiger partial charge on any atom is -0.508 e. The second-order valence-corrected chi connectivity index (χ2v) is 4.38. The second kappa shape index (κ2) is 4.13. The monoisotopic (exact) mass is 232 g/mol. The molecule has 0 atom stereocenters. The fraction of sp³-hybridized carbons (Fsp3) is 0.200. The van der Waals surface area contributed by atoms with Crippen LogP contribution in [0.5, 0.6) is 11.5 Å². The van der Waals surface area contributed by atoms with Gasteiger partial charge < -0.3 is 10.2 Å². The summed E-state index contributed by atoms with van der Waals surface area (Å²) in [6.07, 6.45) is 0. The van der Waals surface area contributed by atoms with E-state index in [0.717, 1.165) is 0 Å². The molecule has 0 aliphatic heterocycles. The highest BCUT2D eigenvalue weighted by atomic mass is 16.3. The van der Waals surface area contributed by atoms with Crippen LogP contribution in [0.3, 0.4) is 0 Å². The number of rotatable bonds is 2. The average molecular weight is 232 g/mol. The Kier molecular flexibility index (Phi) is 1.79. The summed E-state index contributed by atoms with van der Waals surface area (Å²) in [5, 5.41) is 18.9. The highest BCUT2D eigenvalue weighted by Crippen LogP contribution is 2.32. The Hall–Kier alpha value is -1.96. The van der Waals surface area contributed by atoms with Crippen molar-refractivity contribution in [1.82, 2.24) is 0 Å². The predicted octanol–water partition coefficient (Wildman–Crippen LogP) is 3.42. The molecule has 0 saturated carbocycles. The summed E-state index contributed by atoms with van der Waals surface area (Å²) in [6.45, 7) is 3.44. The first-order chi connectivity index (χ1) is 9.64. The van der Waals surface area contributed by atoms with Crippen LogP contribution >= 0.6 is 0 Å². The summed E-state index contributed by atoms with van der Waals surface area (Å²) in [4.78, 5) is 0. The third-order valence-electron chi connectivity index (χ3n) is 2.71. The summed E-state index contributed by atoms with van der Waals surface area (Å²) in [6, 6.07) is 4.89. The van der Waals surface area contributed by atoms with Crippen molar-refractivity contribution in [2.45, 2.75) is 19.3 Å². The number of hydrogen-bond donors (Lipinski definition) is 2. The van der Waals surface area contributed by atoms with E-state index in [1.54, 1.807) is 13.8 Å². The number of phenols is 2. The molecule has 2 N–H and O–H groups in total. The van der Waals surface area contributed by atoms with Crippen LogP contribution in [-0.2, 0) is 5.41 Å². The SMILES string of the molecule is [2H]c1cc(O)cc([2H])c1C(C)(C)c1c([2H])cc(O)cc1[2H]. The van der Waals surface area contributed by atoms with Crippen LogP contribution in [0.25, 0.3) is 0 Å². The molecule has 2 nitrogen and oxygen atoms in total. The Labute approximate surface area is 107 Å². The van der Waals surface area contributed by atoms with E-state index < -0.39 is 5.41 Å². The Balaban J connectivity index is 2.74. The van der Waals surface area contributed by atoms with Crippen molar-refractivity contribution < 1.29 is 15.7 Å². The fourth-order valence-corrected chi connectivity index (χ4v) is 1.60. The molecule has 2 rings (SSSR count). The number of aromatic hydroxyl groups is 2. The van der Waals surface area contributed by atoms with Gasteiger partial charge in [-0.15, -0.1) is 0 Å². The van der Waals surface area contributed by atoms with Gasteiger partial charge in [0.05, 0.1) is 5.48 Å². The van der Waals surface area contributed by atoms with Crippen LogP contribution in [0.2, 0.25) is 0 Å². The summed E-state index contributed by atoms with van der Waals surface area (Å²) in [5.74, 6) is -0.320. The van der Waals surface area contributed by atoms with E-state index in [9.17, 15) is 10.2 Å². The molecule has 2 aromatic carbocycles. The normalized spacial score (nSPS) is 14.7. The summed E-state index contributed by atoms with van der Waals surface area (Å²) in [5.41, 5.74) is -0.287. The lowest BCUT2D eigenvalue weighted by atomic mass is 9.78. The summed E-state index contributed by atoms with van der Waals surface area (Å²) < 4.78 is 32.0. The maximum Gasteiger partial charge on any atom is 0.115 e. The van der Waals surface area contributed by atoms with E-state index in [1.165, 1.54) is 24.3 Å². The summed E-state index contributed by atoms with van der Waals surface area (Å²) in [7, 11) is 0. The molecule has 0 fully saturated rings. The quantitative estimate of drug-likeness (QED) is 0.832. The largest absolute Gasteiger partial charge is 0.508 e. The molecule has 0 amide bonds. The van der Waals surface area contributed by atoms with Gasteiger partial charge in [-0.3, -0.25) is 0 Å². The van der Waals surface area contributed by atoms with Crippen LogP contribution in [0, 0.1) is 0 Å². The molecule has 17 heavy (non-hydrogen) atoms. The molecule has 0 aromatic heterocycles. The lowest BCUT2D eigenvalue weighted by Crippen LogP contribution is -2.18. The minimum atomic E-state index is -0.941. The third kappa shape index (κ3) is 2.26. The van der Waals surface area contributed by atoms with Gasteiger partial charge in [0, 0.05) is 5.41 Å². The van der Waals surface area contributed by atoms with E-state index in [4.69, 9.17) is 5.48 Å². The first-order valence-corrected chi connectivity index (χ1v) is 5.26. The van der Waals surface area contributed by atoms with Gasteiger partial charge in [0.1, 0.15) is 11.5 Å². The van der Waals surface area contributed by atoms with E-state index in [-0.39, 0.29) is 35.7 Å². The molecule has 2 heteroatoms. The van der Waals surface area contributed by atoms with Crippen molar-refractivity contribution in [3.05, 3.63) is 59.6 Å². The van der Waals surface area contributed by atoms with Crippen molar-refractivity contribution in [3.8, 4) is 11.5 Å². The first-order valence-electron chi connectivity index (χ1n) is 7.26. The predicted molar refractivity (Wildman–Crippen MR) is 68.3 cm³/mol. The van der Waals surface area contributed by atoms with Crippen molar-refractivity contribution in [2.24, 2.45) is 0 Å². The van der Waals surface area contributed by atoms with Gasteiger partial charge in [0.15, 0.2) is 0 Å². The van der Waals surface area contributed by atoms with Crippen LogP contribution in [-0.4, -0.2) is 10.2 Å². The maximum absolute atomic E-state index is 9.45. The molecule has 0 aliphatic carbocycles. The molecule has 88 valence electrons. The molecule has 0 heterocycles. The topological polar surface area (TPSA) is 40.5 Å². The van der Waals surface area contributed by atoms with E-state index in [1.807, 2.05) is 0 Å². The van der Waals surface area contributed by atoms with Gasteiger partial charge in [-0.25, -0.2) is 0 Å². The Morgan fingerprint density at radius 3 is 1.41 bits per heavy atom. The zero-order chi connectivity index (χ0) is 15.9. The Bertz CT molecular complexity index is 605. The van der Waals surface area contributed by atoms with E-state index in [2.05, 4.69) is 0 Å². The highest BCUT2D eigenvalue weighted by molar-refractivity contribution is 5.41. The van der Waals surface area contributed by atoms with Crippen LogP contribution in [0.1, 0.15) is 30.5 Å². The van der Waals surface area contributed by atoms with Crippen molar-refractivity contribution in [2.75, 3.05) is 0 Å². The summed E-state index contributed by atoms with van der Waals surface area (Å²) >= 11 is 0. The third-order valence-corrected chi connectivity index (χ3v) is 2.71. The van der Waals surface area contributed by atoms with Gasteiger partial charge in [-0.1, -0.05) is 38.0 Å². The van der Waals surface area contributed by atoms with Gasteiger partial charge in [-0.05, 0) is 35.4 Å². The Morgan fingerprint density at radius 1 is 0.824 bits per heavy atom. The van der Waals surface area contributed by atoms with Crippen molar-refractivity contribution >= 4 is 0 Å². The molecule has 0 bridgehead atoms. The zero-order valence-electron chi connectivity index (χ0n) is 13.7. The molecule has 0 aliphatic rings. The number of benzene rings is 2. The van der Waals surface area contributed by atoms with Gasteiger partial charge in [0.2, 0.25) is 0 Å². The lowest BCUT2D eigenvalue weighted by molar-refractivity contribution is 0.474. The number of hydrogen-bond acceptors (Lipinski definition) is 2. The van der Waals surface area contributed by atoms with E-state index >= 15 is 0 Å². The molecular formula is C15H16O2. The van der Waals surface area contributed by atoms with Crippen LogP contribution in [0.15, 0.2) is 48.4 Å². The van der Waals surface area contributed by atoms with Crippen molar-refractivity contribution in [3.63, 3.8) is 0 Å². The lowest BCUT2D eigenvalue weighted by Gasteiger charge is -2.26. The van der Waals surface area contributed by atoms with Gasteiger partial charge >= 0.3 is 0 Å². The number of phenolic OH excluding ortho intramolecular Hbond substituents is 2. The second-order valence-electron chi connectivity index (χ2n) is 4.38. The molecule has 0 saturated heterocycles. The molecule has 0 unspecified atom stereocenters. The first kappa shape index (κ1) is 7.38. The molecule has 0 radical (unpaired) electrons. The average Bonchev–Trinajstić information content (AvgIpc) is 2.23. The van der Waals surface area contributed by atoms with Gasteiger partial charge in [-0.2, -0.15) is 0 Å². The fourth-order valence-electron chi connectivity index (χ4n) is 1.60. The van der Waals surface area contributed by atoms with E-state index in [0.29, 0.717) is 11.1 Å². The smallest absolute Gasteiger partial charge is 0.115 e. The molecule has 0 spiro atoms. The maximum atomic E-state index is 9.45. The minimum absolute atomic E-state index is 0.0168. The highest BCUT2D eigenvalue weighted by Gasteiger charge is 2.22.